The Morgan fingerprint density at radius 3 is 2.73 bits per heavy atom. The van der Waals surface area contributed by atoms with E-state index in [4.69, 9.17) is 16.0 Å². The number of benzene rings is 1. The number of hydrogen-bond acceptors (Lipinski definition) is 4. The van der Waals surface area contributed by atoms with E-state index in [0.717, 1.165) is 11.1 Å². The van der Waals surface area contributed by atoms with Crippen molar-refractivity contribution in [2.24, 2.45) is 0 Å². The van der Waals surface area contributed by atoms with Crippen LogP contribution < -0.4 is 5.32 Å². The van der Waals surface area contributed by atoms with Crippen molar-refractivity contribution in [2.45, 2.75) is 6.92 Å². The quantitative estimate of drug-likeness (QED) is 0.514. The van der Waals surface area contributed by atoms with Crippen molar-refractivity contribution < 1.29 is 9.21 Å². The largest absolute Gasteiger partial charge is 0.460 e. The average molecular weight is 364 g/mol. The van der Waals surface area contributed by atoms with E-state index in [2.05, 4.69) is 15.3 Å². The fourth-order valence-corrected chi connectivity index (χ4v) is 2.90. The van der Waals surface area contributed by atoms with Crippen molar-refractivity contribution in [3.05, 3.63) is 77.3 Å². The Morgan fingerprint density at radius 1 is 1.12 bits per heavy atom. The van der Waals surface area contributed by atoms with Gasteiger partial charge in [0.25, 0.3) is 5.91 Å². The molecule has 5 nitrogen and oxygen atoms in total. The number of furan rings is 1. The molecule has 0 atom stereocenters. The number of hydrogen-bond donors (Lipinski definition) is 1. The summed E-state index contributed by atoms with van der Waals surface area (Å²) in [6.07, 6.45) is 1.57. The standard InChI is InChI=1S/C20H14ClN3O2/c1-12-8-9-18(26-12)17-11-14(13-5-2-3-6-15(13)23-17)20(25)24-16-7-4-10-22-19(16)21/h2-11H,1H3,(H,24,25). The first kappa shape index (κ1) is 16.3. The Bertz CT molecular complexity index is 1120. The van der Waals surface area contributed by atoms with Gasteiger partial charge in [-0.05, 0) is 43.3 Å². The van der Waals surface area contributed by atoms with E-state index in [1.165, 1.54) is 0 Å². The number of nitrogens with zero attached hydrogens (tertiary/aromatic N) is 2. The molecular formula is C20H14ClN3O2. The van der Waals surface area contributed by atoms with E-state index < -0.39 is 0 Å². The van der Waals surface area contributed by atoms with Crippen LogP contribution in [0, 0.1) is 6.92 Å². The molecule has 1 amide bonds. The molecule has 1 aromatic carbocycles. The van der Waals surface area contributed by atoms with Crippen molar-refractivity contribution in [1.29, 1.82) is 0 Å². The predicted octanol–water partition coefficient (Wildman–Crippen LogP) is 5.10. The summed E-state index contributed by atoms with van der Waals surface area (Å²) in [5.41, 5.74) is 2.25. The van der Waals surface area contributed by atoms with Gasteiger partial charge in [0, 0.05) is 11.6 Å². The lowest BCUT2D eigenvalue weighted by Crippen LogP contribution is -2.13. The number of para-hydroxylation sites is 1. The summed E-state index contributed by atoms with van der Waals surface area (Å²) in [5, 5.41) is 3.80. The second-order valence-electron chi connectivity index (χ2n) is 5.78. The lowest BCUT2D eigenvalue weighted by Gasteiger charge is -2.10. The number of nitrogens with one attached hydrogen (secondary N) is 1. The Kier molecular flexibility index (Phi) is 4.14. The first-order valence-corrected chi connectivity index (χ1v) is 8.38. The first-order valence-electron chi connectivity index (χ1n) is 8.00. The molecule has 3 aromatic heterocycles. The molecule has 0 bridgehead atoms. The van der Waals surface area contributed by atoms with E-state index in [1.54, 1.807) is 24.4 Å². The number of aromatic nitrogens is 2. The van der Waals surface area contributed by atoms with Gasteiger partial charge in [-0.25, -0.2) is 9.97 Å². The predicted molar refractivity (Wildman–Crippen MR) is 101 cm³/mol. The number of halogens is 1. The highest BCUT2D eigenvalue weighted by Gasteiger charge is 2.16. The molecule has 4 aromatic rings. The molecule has 0 aliphatic rings. The molecule has 0 aliphatic carbocycles. The van der Waals surface area contributed by atoms with Crippen LogP contribution in [0.3, 0.4) is 0 Å². The highest BCUT2D eigenvalue weighted by atomic mass is 35.5. The van der Waals surface area contributed by atoms with Crippen LogP contribution in [0.4, 0.5) is 5.69 Å². The smallest absolute Gasteiger partial charge is 0.256 e. The van der Waals surface area contributed by atoms with Crippen molar-refractivity contribution in [2.75, 3.05) is 5.32 Å². The van der Waals surface area contributed by atoms with Crippen LogP contribution >= 0.6 is 11.6 Å². The SMILES string of the molecule is Cc1ccc(-c2cc(C(=O)Nc3cccnc3Cl)c3ccccc3n2)o1. The van der Waals surface area contributed by atoms with E-state index in [9.17, 15) is 4.79 Å². The number of rotatable bonds is 3. The lowest BCUT2D eigenvalue weighted by atomic mass is 10.1. The van der Waals surface area contributed by atoms with E-state index in [-0.39, 0.29) is 11.1 Å². The number of anilines is 1. The van der Waals surface area contributed by atoms with E-state index in [1.807, 2.05) is 43.3 Å². The van der Waals surface area contributed by atoms with Gasteiger partial charge in [0.15, 0.2) is 10.9 Å². The van der Waals surface area contributed by atoms with Crippen LogP contribution in [-0.4, -0.2) is 15.9 Å². The molecular weight excluding hydrogens is 350 g/mol. The van der Waals surface area contributed by atoms with Crippen molar-refractivity contribution in [1.82, 2.24) is 9.97 Å². The molecule has 3 heterocycles. The molecule has 0 fully saturated rings. The minimum absolute atomic E-state index is 0.237. The molecule has 1 N–H and O–H groups in total. The summed E-state index contributed by atoms with van der Waals surface area (Å²) >= 11 is 6.05. The number of aryl methyl sites for hydroxylation is 1. The van der Waals surface area contributed by atoms with Crippen LogP contribution in [0.25, 0.3) is 22.4 Å². The average Bonchev–Trinajstić information content (AvgIpc) is 3.09. The summed E-state index contributed by atoms with van der Waals surface area (Å²) < 4.78 is 5.67. The maximum Gasteiger partial charge on any atom is 0.256 e. The Hall–Kier alpha value is -3.18. The minimum atomic E-state index is -0.289. The molecule has 0 unspecified atom stereocenters. The number of carbonyl (C=O) groups is 1. The maximum atomic E-state index is 12.9. The lowest BCUT2D eigenvalue weighted by molar-refractivity contribution is 0.102. The zero-order valence-electron chi connectivity index (χ0n) is 13.9. The van der Waals surface area contributed by atoms with Gasteiger partial charge in [-0.3, -0.25) is 4.79 Å². The zero-order chi connectivity index (χ0) is 18.1. The van der Waals surface area contributed by atoms with Gasteiger partial charge in [0.05, 0.1) is 16.8 Å². The van der Waals surface area contributed by atoms with Gasteiger partial charge in [-0.2, -0.15) is 0 Å². The van der Waals surface area contributed by atoms with Crippen LogP contribution in [0.1, 0.15) is 16.1 Å². The molecule has 6 heteroatoms. The van der Waals surface area contributed by atoms with Gasteiger partial charge in [-0.1, -0.05) is 29.8 Å². The fraction of sp³-hybridized carbons (Fsp3) is 0.0500. The molecule has 0 aliphatic heterocycles. The first-order chi connectivity index (χ1) is 12.6. The number of amides is 1. The van der Waals surface area contributed by atoms with Crippen LogP contribution in [-0.2, 0) is 0 Å². The number of fused-ring (bicyclic) bond motifs is 1. The summed E-state index contributed by atoms with van der Waals surface area (Å²) in [6.45, 7) is 1.86. The monoisotopic (exact) mass is 363 g/mol. The highest BCUT2D eigenvalue weighted by molar-refractivity contribution is 6.32. The maximum absolute atomic E-state index is 12.9. The highest BCUT2D eigenvalue weighted by Crippen LogP contribution is 2.27. The molecule has 0 saturated carbocycles. The third kappa shape index (κ3) is 3.05. The molecule has 26 heavy (non-hydrogen) atoms. The van der Waals surface area contributed by atoms with Crippen LogP contribution in [0.5, 0.6) is 0 Å². The summed E-state index contributed by atoms with van der Waals surface area (Å²) in [6, 6.07) is 16.3. The Labute approximate surface area is 154 Å². The third-order valence-electron chi connectivity index (χ3n) is 3.96. The summed E-state index contributed by atoms with van der Waals surface area (Å²) in [5.74, 6) is 1.10. The van der Waals surface area contributed by atoms with Crippen molar-refractivity contribution in [3.8, 4) is 11.5 Å². The zero-order valence-corrected chi connectivity index (χ0v) is 14.6. The van der Waals surface area contributed by atoms with Gasteiger partial charge in [0.2, 0.25) is 0 Å². The summed E-state index contributed by atoms with van der Waals surface area (Å²) in [7, 11) is 0. The van der Waals surface area contributed by atoms with Crippen LogP contribution in [0.2, 0.25) is 5.15 Å². The number of carbonyl (C=O) groups excluding carboxylic acids is 1. The molecule has 128 valence electrons. The summed E-state index contributed by atoms with van der Waals surface area (Å²) in [4.78, 5) is 21.5. The molecule has 0 saturated heterocycles. The Morgan fingerprint density at radius 2 is 1.96 bits per heavy atom. The van der Waals surface area contributed by atoms with Crippen molar-refractivity contribution >= 4 is 34.1 Å². The number of pyridine rings is 2. The Balaban J connectivity index is 1.82. The molecule has 0 spiro atoms. The molecule has 0 radical (unpaired) electrons. The fourth-order valence-electron chi connectivity index (χ4n) is 2.73. The third-order valence-corrected chi connectivity index (χ3v) is 4.26. The van der Waals surface area contributed by atoms with E-state index in [0.29, 0.717) is 28.2 Å². The van der Waals surface area contributed by atoms with Gasteiger partial charge >= 0.3 is 0 Å². The van der Waals surface area contributed by atoms with Crippen molar-refractivity contribution in [3.63, 3.8) is 0 Å². The van der Waals surface area contributed by atoms with Crippen LogP contribution in [0.15, 0.2) is 65.2 Å². The topological polar surface area (TPSA) is 68.0 Å². The van der Waals surface area contributed by atoms with Gasteiger partial charge in [0.1, 0.15) is 11.5 Å². The minimum Gasteiger partial charge on any atom is -0.460 e. The van der Waals surface area contributed by atoms with Gasteiger partial charge < -0.3 is 9.73 Å². The second kappa shape index (κ2) is 6.61. The second-order valence-corrected chi connectivity index (χ2v) is 6.14. The normalized spacial score (nSPS) is 10.8. The van der Waals surface area contributed by atoms with Gasteiger partial charge in [-0.15, -0.1) is 0 Å². The van der Waals surface area contributed by atoms with E-state index >= 15 is 0 Å². The molecule has 4 rings (SSSR count).